The molecule has 2 bridgehead atoms. The molecule has 0 radical (unpaired) electrons. The topological polar surface area (TPSA) is 45.2 Å². The fourth-order valence-electron chi connectivity index (χ4n) is 6.02. The van der Waals surface area contributed by atoms with Crippen molar-refractivity contribution in [1.29, 1.82) is 0 Å². The smallest absolute Gasteiger partial charge is 0.142 e. The SMILES string of the molecule is COc1ccccc1N1CCN(CC(O)COC2CC3CCC2(C)C3(C)C)CC1.Cl.Cl. The van der Waals surface area contributed by atoms with E-state index in [-0.39, 0.29) is 30.2 Å². The first-order chi connectivity index (χ1) is 13.8. The fourth-order valence-corrected chi connectivity index (χ4v) is 6.02. The van der Waals surface area contributed by atoms with Crippen LogP contribution in [0.1, 0.15) is 40.0 Å². The van der Waals surface area contributed by atoms with Crippen molar-refractivity contribution >= 4 is 30.5 Å². The molecule has 3 aliphatic rings. The Balaban J connectivity index is 0.00000171. The second kappa shape index (κ2) is 10.5. The Morgan fingerprint density at radius 3 is 2.35 bits per heavy atom. The first-order valence-corrected chi connectivity index (χ1v) is 11.2. The van der Waals surface area contributed by atoms with E-state index in [1.807, 2.05) is 12.1 Å². The predicted molar refractivity (Wildman–Crippen MR) is 131 cm³/mol. The Morgan fingerprint density at radius 1 is 1.10 bits per heavy atom. The first kappa shape index (κ1) is 26.5. The van der Waals surface area contributed by atoms with Gasteiger partial charge in [-0.15, -0.1) is 24.8 Å². The van der Waals surface area contributed by atoms with E-state index in [1.165, 1.54) is 12.8 Å². The van der Waals surface area contributed by atoms with Gasteiger partial charge in [-0.1, -0.05) is 32.9 Å². The number of nitrogens with zero attached hydrogens (tertiary/aromatic N) is 2. The first-order valence-electron chi connectivity index (χ1n) is 11.2. The Kier molecular flexibility index (Phi) is 8.97. The van der Waals surface area contributed by atoms with E-state index in [4.69, 9.17) is 9.47 Å². The van der Waals surface area contributed by atoms with Gasteiger partial charge in [0.2, 0.25) is 0 Å². The molecular weight excluding hydrogens is 435 g/mol. The third-order valence-electron chi connectivity index (χ3n) is 8.47. The number of benzene rings is 1. The van der Waals surface area contributed by atoms with E-state index in [2.05, 4.69) is 42.7 Å². The number of β-amino-alcohol motifs (C(OH)–C–C–N with tert-alkyl or cyclic N) is 1. The summed E-state index contributed by atoms with van der Waals surface area (Å²) in [6.45, 7) is 12.2. The molecule has 4 unspecified atom stereocenters. The van der Waals surface area contributed by atoms with Gasteiger partial charge in [-0.3, -0.25) is 4.90 Å². The van der Waals surface area contributed by atoms with E-state index in [0.29, 0.717) is 24.7 Å². The highest BCUT2D eigenvalue weighted by atomic mass is 35.5. The minimum absolute atomic E-state index is 0. The van der Waals surface area contributed by atoms with Crippen LogP contribution in [0, 0.1) is 16.7 Å². The summed E-state index contributed by atoms with van der Waals surface area (Å²) in [5.74, 6) is 1.70. The van der Waals surface area contributed by atoms with Crippen LogP contribution in [0.4, 0.5) is 5.69 Å². The van der Waals surface area contributed by atoms with Gasteiger partial charge in [0.15, 0.2) is 0 Å². The zero-order valence-corrected chi connectivity index (χ0v) is 21.0. The number of para-hydroxylation sites is 2. The third kappa shape index (κ3) is 4.96. The van der Waals surface area contributed by atoms with Crippen molar-refractivity contribution < 1.29 is 14.6 Å². The molecule has 1 N–H and O–H groups in total. The van der Waals surface area contributed by atoms with Gasteiger partial charge in [0.05, 0.1) is 31.6 Å². The average molecular weight is 476 g/mol. The summed E-state index contributed by atoms with van der Waals surface area (Å²) in [6, 6.07) is 8.20. The van der Waals surface area contributed by atoms with E-state index in [0.717, 1.165) is 50.0 Å². The third-order valence-corrected chi connectivity index (χ3v) is 8.47. The minimum atomic E-state index is -0.418. The standard InChI is InChI=1S/C24H38N2O3.2ClH/c1-23(2)18-9-10-24(23,3)22(15-18)29-17-19(27)16-25-11-13-26(14-12-25)20-7-5-6-8-21(20)28-4;;/h5-8,18-19,22,27H,9-17H2,1-4H3;2*1H. The van der Waals surface area contributed by atoms with Gasteiger partial charge in [0, 0.05) is 32.7 Å². The number of anilines is 1. The van der Waals surface area contributed by atoms with Crippen molar-refractivity contribution in [1.82, 2.24) is 4.90 Å². The van der Waals surface area contributed by atoms with Gasteiger partial charge in [-0.05, 0) is 48.1 Å². The molecule has 4 rings (SSSR count). The lowest BCUT2D eigenvalue weighted by molar-refractivity contribution is -0.0794. The molecule has 178 valence electrons. The lowest BCUT2D eigenvalue weighted by Crippen LogP contribution is -2.49. The molecule has 31 heavy (non-hydrogen) atoms. The van der Waals surface area contributed by atoms with Crippen LogP contribution in [-0.2, 0) is 4.74 Å². The Labute approximate surface area is 200 Å². The maximum absolute atomic E-state index is 10.6. The van der Waals surface area contributed by atoms with Crippen molar-refractivity contribution in [3.63, 3.8) is 0 Å². The maximum Gasteiger partial charge on any atom is 0.142 e. The number of halogens is 2. The van der Waals surface area contributed by atoms with Gasteiger partial charge in [0.25, 0.3) is 0 Å². The number of methoxy groups -OCH3 is 1. The van der Waals surface area contributed by atoms with Gasteiger partial charge in [0.1, 0.15) is 5.75 Å². The molecule has 1 aromatic carbocycles. The van der Waals surface area contributed by atoms with Gasteiger partial charge < -0.3 is 19.5 Å². The molecule has 0 amide bonds. The molecule has 0 aromatic heterocycles. The zero-order chi connectivity index (χ0) is 20.6. The summed E-state index contributed by atoms with van der Waals surface area (Å²) in [6.07, 6.45) is 3.64. The summed E-state index contributed by atoms with van der Waals surface area (Å²) >= 11 is 0. The van der Waals surface area contributed by atoms with Crippen LogP contribution >= 0.6 is 24.8 Å². The second-order valence-electron chi connectivity index (χ2n) is 10.0. The normalized spacial score (nSPS) is 30.4. The van der Waals surface area contributed by atoms with Crippen molar-refractivity contribution in [2.75, 3.05) is 51.3 Å². The molecular formula is C24H40Cl2N2O3. The summed E-state index contributed by atoms with van der Waals surface area (Å²) in [5, 5.41) is 10.6. The Hall–Kier alpha value is -0.720. The molecule has 1 saturated heterocycles. The van der Waals surface area contributed by atoms with Crippen molar-refractivity contribution in [3.05, 3.63) is 24.3 Å². The zero-order valence-electron chi connectivity index (χ0n) is 19.4. The van der Waals surface area contributed by atoms with Crippen LogP contribution in [0.5, 0.6) is 5.75 Å². The van der Waals surface area contributed by atoms with Gasteiger partial charge >= 0.3 is 0 Å². The average Bonchev–Trinajstić information content (AvgIpc) is 3.06. The molecule has 1 heterocycles. The predicted octanol–water partition coefficient (Wildman–Crippen LogP) is 4.25. The molecule has 7 heteroatoms. The number of ether oxygens (including phenoxy) is 2. The number of aliphatic hydroxyl groups excluding tert-OH is 1. The Bertz CT molecular complexity index is 712. The number of fused-ring (bicyclic) bond motifs is 2. The molecule has 2 saturated carbocycles. The van der Waals surface area contributed by atoms with Crippen LogP contribution in [-0.4, -0.2) is 68.7 Å². The molecule has 5 nitrogen and oxygen atoms in total. The monoisotopic (exact) mass is 474 g/mol. The molecule has 1 aromatic rings. The molecule has 1 aliphatic heterocycles. The maximum atomic E-state index is 10.6. The van der Waals surface area contributed by atoms with E-state index in [9.17, 15) is 5.11 Å². The highest BCUT2D eigenvalue weighted by molar-refractivity contribution is 5.85. The van der Waals surface area contributed by atoms with Crippen LogP contribution < -0.4 is 9.64 Å². The molecule has 3 fully saturated rings. The van der Waals surface area contributed by atoms with Crippen LogP contribution in [0.25, 0.3) is 0 Å². The van der Waals surface area contributed by atoms with Gasteiger partial charge in [-0.2, -0.15) is 0 Å². The van der Waals surface area contributed by atoms with Crippen molar-refractivity contribution in [2.24, 2.45) is 16.7 Å². The van der Waals surface area contributed by atoms with Crippen molar-refractivity contribution in [2.45, 2.75) is 52.2 Å². The van der Waals surface area contributed by atoms with Crippen LogP contribution in [0.15, 0.2) is 24.3 Å². The number of hydrogen-bond donors (Lipinski definition) is 1. The number of aliphatic hydroxyl groups is 1. The molecule has 0 spiro atoms. The number of hydrogen-bond acceptors (Lipinski definition) is 5. The summed E-state index contributed by atoms with van der Waals surface area (Å²) in [4.78, 5) is 4.72. The van der Waals surface area contributed by atoms with E-state index >= 15 is 0 Å². The summed E-state index contributed by atoms with van der Waals surface area (Å²) < 4.78 is 11.8. The highest BCUT2D eigenvalue weighted by Gasteiger charge is 2.61. The lowest BCUT2D eigenvalue weighted by atomic mass is 9.70. The van der Waals surface area contributed by atoms with Crippen LogP contribution in [0.3, 0.4) is 0 Å². The van der Waals surface area contributed by atoms with Crippen LogP contribution in [0.2, 0.25) is 0 Å². The minimum Gasteiger partial charge on any atom is -0.495 e. The molecule has 4 atom stereocenters. The quantitative estimate of drug-likeness (QED) is 0.639. The van der Waals surface area contributed by atoms with Crippen molar-refractivity contribution in [3.8, 4) is 5.75 Å². The Morgan fingerprint density at radius 2 is 1.77 bits per heavy atom. The largest absolute Gasteiger partial charge is 0.495 e. The number of piperazine rings is 1. The lowest BCUT2D eigenvalue weighted by Gasteiger charge is -2.40. The van der Waals surface area contributed by atoms with E-state index in [1.54, 1.807) is 7.11 Å². The molecule has 2 aliphatic carbocycles. The fraction of sp³-hybridized carbons (Fsp3) is 0.750. The van der Waals surface area contributed by atoms with E-state index < -0.39 is 6.10 Å². The summed E-state index contributed by atoms with van der Waals surface area (Å²) in [7, 11) is 1.73. The second-order valence-corrected chi connectivity index (χ2v) is 10.0. The summed E-state index contributed by atoms with van der Waals surface area (Å²) in [5.41, 5.74) is 1.78. The highest BCUT2D eigenvalue weighted by Crippen LogP contribution is 2.66. The van der Waals surface area contributed by atoms with Gasteiger partial charge in [-0.25, -0.2) is 0 Å². The number of rotatable bonds is 7.